The molecule has 1 aromatic rings. The van der Waals surface area contributed by atoms with Crippen molar-refractivity contribution in [3.63, 3.8) is 0 Å². The Hall–Kier alpha value is -0.940. The number of aromatic nitrogens is 2. The van der Waals surface area contributed by atoms with Gasteiger partial charge in [-0.25, -0.2) is 9.37 Å². The molecule has 0 aromatic carbocycles. The lowest BCUT2D eigenvalue weighted by atomic mass is 9.92. The van der Waals surface area contributed by atoms with Gasteiger partial charge in [0, 0.05) is 12.1 Å². The van der Waals surface area contributed by atoms with Gasteiger partial charge in [-0.2, -0.15) is 4.98 Å². The molecule has 0 aliphatic heterocycles. The van der Waals surface area contributed by atoms with Crippen LogP contribution >= 0.6 is 11.6 Å². The van der Waals surface area contributed by atoms with Crippen LogP contribution < -0.4 is 11.1 Å². The molecular weight excluding hydrogens is 231 g/mol. The van der Waals surface area contributed by atoms with Crippen LogP contribution in [0.1, 0.15) is 25.7 Å². The largest absolute Gasteiger partial charge is 0.365 e. The van der Waals surface area contributed by atoms with Crippen LogP contribution in [0.25, 0.3) is 0 Å². The number of anilines is 1. The summed E-state index contributed by atoms with van der Waals surface area (Å²) in [6.45, 7) is 0. The second-order valence-corrected chi connectivity index (χ2v) is 4.44. The lowest BCUT2D eigenvalue weighted by molar-refractivity contribution is 0.407. The van der Waals surface area contributed by atoms with Gasteiger partial charge in [-0.1, -0.05) is 0 Å². The summed E-state index contributed by atoms with van der Waals surface area (Å²) in [7, 11) is 0. The summed E-state index contributed by atoms with van der Waals surface area (Å²) < 4.78 is 13.3. The first kappa shape index (κ1) is 11.5. The van der Waals surface area contributed by atoms with Crippen molar-refractivity contribution in [2.75, 3.05) is 5.32 Å². The number of hydrogen-bond donors (Lipinski definition) is 2. The molecule has 0 spiro atoms. The van der Waals surface area contributed by atoms with Crippen molar-refractivity contribution in [2.24, 2.45) is 5.73 Å². The molecule has 1 fully saturated rings. The number of nitrogens with zero attached hydrogens (tertiary/aromatic N) is 2. The molecule has 88 valence electrons. The molecule has 1 saturated carbocycles. The van der Waals surface area contributed by atoms with E-state index in [1.54, 1.807) is 0 Å². The molecule has 1 heterocycles. The van der Waals surface area contributed by atoms with Gasteiger partial charge in [-0.05, 0) is 37.3 Å². The van der Waals surface area contributed by atoms with E-state index in [1.165, 1.54) is 0 Å². The molecule has 1 unspecified atom stereocenters. The van der Waals surface area contributed by atoms with E-state index < -0.39 is 5.82 Å². The molecule has 6 heteroatoms. The number of halogens is 2. The zero-order valence-electron chi connectivity index (χ0n) is 8.79. The van der Waals surface area contributed by atoms with Crippen LogP contribution in [0.2, 0.25) is 5.28 Å². The van der Waals surface area contributed by atoms with Gasteiger partial charge in [0.2, 0.25) is 5.28 Å². The predicted octanol–water partition coefficient (Wildman–Crippen LogP) is 1.95. The smallest absolute Gasteiger partial charge is 0.224 e. The van der Waals surface area contributed by atoms with Crippen molar-refractivity contribution < 1.29 is 4.39 Å². The maximum atomic E-state index is 13.3. The Bertz CT molecular complexity index is 374. The maximum absolute atomic E-state index is 13.3. The van der Waals surface area contributed by atoms with E-state index in [4.69, 9.17) is 17.3 Å². The van der Waals surface area contributed by atoms with Crippen LogP contribution in [0.4, 0.5) is 10.2 Å². The van der Waals surface area contributed by atoms with Crippen LogP contribution in [0, 0.1) is 5.82 Å². The second-order valence-electron chi connectivity index (χ2n) is 4.10. The normalized spacial score (nSPS) is 25.4. The number of hydrogen-bond acceptors (Lipinski definition) is 4. The minimum Gasteiger partial charge on any atom is -0.365 e. The van der Waals surface area contributed by atoms with Crippen molar-refractivity contribution in [1.82, 2.24) is 9.97 Å². The molecular formula is C10H14ClFN4. The topological polar surface area (TPSA) is 63.8 Å². The Kier molecular flexibility index (Phi) is 3.56. The maximum Gasteiger partial charge on any atom is 0.224 e. The monoisotopic (exact) mass is 244 g/mol. The molecule has 2 rings (SSSR count). The molecule has 2 atom stereocenters. The van der Waals surface area contributed by atoms with Crippen molar-refractivity contribution in [3.05, 3.63) is 17.3 Å². The highest BCUT2D eigenvalue weighted by molar-refractivity contribution is 6.28. The molecule has 0 radical (unpaired) electrons. The summed E-state index contributed by atoms with van der Waals surface area (Å²) in [5.41, 5.74) is 5.85. The summed E-state index contributed by atoms with van der Waals surface area (Å²) in [6, 6.07) is 0.357. The quantitative estimate of drug-likeness (QED) is 0.781. The molecule has 3 N–H and O–H groups in total. The summed E-state index contributed by atoms with van der Waals surface area (Å²) >= 11 is 5.61. The fourth-order valence-electron chi connectivity index (χ4n) is 2.00. The number of nitrogens with two attached hydrogens (primary N) is 1. The first-order chi connectivity index (χ1) is 7.65. The first-order valence-electron chi connectivity index (χ1n) is 5.35. The SMILES string of the molecule is NC1CCC[C@H](Nc2nc(Cl)ncc2F)C1. The van der Waals surface area contributed by atoms with Crippen molar-refractivity contribution in [3.8, 4) is 0 Å². The average Bonchev–Trinajstić information content (AvgIpc) is 2.24. The second kappa shape index (κ2) is 4.93. The lowest BCUT2D eigenvalue weighted by Crippen LogP contribution is -2.35. The minimum absolute atomic E-state index is 0.0454. The Morgan fingerprint density at radius 3 is 3.06 bits per heavy atom. The highest BCUT2D eigenvalue weighted by Gasteiger charge is 2.20. The van der Waals surface area contributed by atoms with Gasteiger partial charge in [0.1, 0.15) is 0 Å². The molecule has 16 heavy (non-hydrogen) atoms. The third-order valence-electron chi connectivity index (χ3n) is 2.77. The minimum atomic E-state index is -0.483. The van der Waals surface area contributed by atoms with E-state index >= 15 is 0 Å². The van der Waals surface area contributed by atoms with Gasteiger partial charge in [0.25, 0.3) is 0 Å². The van der Waals surface area contributed by atoms with Gasteiger partial charge in [0.05, 0.1) is 6.20 Å². The molecule has 0 amide bonds. The average molecular weight is 245 g/mol. The number of rotatable bonds is 2. The zero-order valence-corrected chi connectivity index (χ0v) is 9.54. The highest BCUT2D eigenvalue weighted by atomic mass is 35.5. The molecule has 1 aliphatic carbocycles. The van der Waals surface area contributed by atoms with E-state index in [0.29, 0.717) is 0 Å². The third-order valence-corrected chi connectivity index (χ3v) is 2.95. The van der Waals surface area contributed by atoms with Crippen LogP contribution in [0.3, 0.4) is 0 Å². The van der Waals surface area contributed by atoms with E-state index in [-0.39, 0.29) is 23.2 Å². The Morgan fingerprint density at radius 2 is 2.31 bits per heavy atom. The molecule has 1 aromatic heterocycles. The van der Waals surface area contributed by atoms with Crippen molar-refractivity contribution in [1.29, 1.82) is 0 Å². The first-order valence-corrected chi connectivity index (χ1v) is 5.73. The fraction of sp³-hybridized carbons (Fsp3) is 0.600. The zero-order chi connectivity index (χ0) is 11.5. The van der Waals surface area contributed by atoms with Crippen LogP contribution in [-0.4, -0.2) is 22.1 Å². The summed E-state index contributed by atoms with van der Waals surface area (Å²) in [4.78, 5) is 7.38. The van der Waals surface area contributed by atoms with Crippen molar-refractivity contribution in [2.45, 2.75) is 37.8 Å². The summed E-state index contributed by atoms with van der Waals surface area (Å²) in [5.74, 6) is -0.317. The summed E-state index contributed by atoms with van der Waals surface area (Å²) in [6.07, 6.45) is 4.97. The Balaban J connectivity index is 2.05. The van der Waals surface area contributed by atoms with E-state index in [0.717, 1.165) is 31.9 Å². The van der Waals surface area contributed by atoms with Gasteiger partial charge in [-0.15, -0.1) is 0 Å². The molecule has 4 nitrogen and oxygen atoms in total. The molecule has 1 aliphatic rings. The summed E-state index contributed by atoms with van der Waals surface area (Å²) in [5, 5.41) is 3.08. The lowest BCUT2D eigenvalue weighted by Gasteiger charge is -2.27. The van der Waals surface area contributed by atoms with E-state index in [9.17, 15) is 4.39 Å². The predicted molar refractivity (Wildman–Crippen MR) is 60.9 cm³/mol. The highest BCUT2D eigenvalue weighted by Crippen LogP contribution is 2.21. The third kappa shape index (κ3) is 2.80. The van der Waals surface area contributed by atoms with Gasteiger partial charge >= 0.3 is 0 Å². The van der Waals surface area contributed by atoms with Crippen LogP contribution in [0.15, 0.2) is 6.20 Å². The van der Waals surface area contributed by atoms with Crippen molar-refractivity contribution >= 4 is 17.4 Å². The van der Waals surface area contributed by atoms with Gasteiger partial charge in [0.15, 0.2) is 11.6 Å². The van der Waals surface area contributed by atoms with Gasteiger partial charge in [-0.3, -0.25) is 0 Å². The molecule has 0 bridgehead atoms. The Labute approximate surface area is 98.4 Å². The molecule has 0 saturated heterocycles. The van der Waals surface area contributed by atoms with Crippen LogP contribution in [-0.2, 0) is 0 Å². The standard InChI is InChI=1S/C10H14ClFN4/c11-10-14-5-8(12)9(16-10)15-7-3-1-2-6(13)4-7/h5-7H,1-4,13H2,(H,14,15,16)/t6?,7-/m0/s1. The van der Waals surface area contributed by atoms with Gasteiger partial charge < -0.3 is 11.1 Å². The van der Waals surface area contributed by atoms with E-state index in [2.05, 4.69) is 15.3 Å². The van der Waals surface area contributed by atoms with E-state index in [1.807, 2.05) is 0 Å². The Morgan fingerprint density at radius 1 is 1.50 bits per heavy atom. The fourth-order valence-corrected chi connectivity index (χ4v) is 2.13. The van der Waals surface area contributed by atoms with Crippen LogP contribution in [0.5, 0.6) is 0 Å². The number of nitrogens with one attached hydrogen (secondary N) is 1.